The molecule has 0 fully saturated rings. The van der Waals surface area contributed by atoms with Gasteiger partial charge in [-0.3, -0.25) is 5.01 Å². The Morgan fingerprint density at radius 2 is 1.68 bits per heavy atom. The first-order chi connectivity index (χ1) is 13.7. The zero-order valence-corrected chi connectivity index (χ0v) is 16.6. The van der Waals surface area contributed by atoms with E-state index in [4.69, 9.17) is 26.2 Å². The van der Waals surface area contributed by atoms with Crippen molar-refractivity contribution < 1.29 is 9.47 Å². The van der Waals surface area contributed by atoms with Gasteiger partial charge in [0, 0.05) is 23.1 Å². The van der Waals surface area contributed by atoms with E-state index in [-0.39, 0.29) is 6.04 Å². The Labute approximate surface area is 170 Å². The molecule has 0 aliphatic carbocycles. The average Bonchev–Trinajstić information content (AvgIpc) is 3.19. The Hall–Kier alpha value is -2.98. The first kappa shape index (κ1) is 18.4. The maximum atomic E-state index is 6.06. The van der Waals surface area contributed by atoms with Crippen LogP contribution < -0.4 is 14.5 Å². The SMILES string of the molecule is COc1ccc([C@@H]2CC(c3ccc(Cl)cc3)=NN2c2ccccc2)c(OC)c1. The molecule has 0 radical (unpaired) electrons. The molecule has 1 heterocycles. The number of hydrogen-bond acceptors (Lipinski definition) is 4. The summed E-state index contributed by atoms with van der Waals surface area (Å²) in [6, 6.07) is 24.0. The number of ether oxygens (including phenoxy) is 2. The van der Waals surface area contributed by atoms with Gasteiger partial charge in [-0.05, 0) is 42.0 Å². The number of hydrogen-bond donors (Lipinski definition) is 0. The zero-order valence-electron chi connectivity index (χ0n) is 15.8. The van der Waals surface area contributed by atoms with E-state index in [1.54, 1.807) is 14.2 Å². The molecular weight excluding hydrogens is 372 g/mol. The molecule has 4 nitrogen and oxygen atoms in total. The number of rotatable bonds is 5. The van der Waals surface area contributed by atoms with Gasteiger partial charge < -0.3 is 9.47 Å². The summed E-state index contributed by atoms with van der Waals surface area (Å²) < 4.78 is 11.0. The summed E-state index contributed by atoms with van der Waals surface area (Å²) >= 11 is 6.06. The van der Waals surface area contributed by atoms with Crippen molar-refractivity contribution in [1.29, 1.82) is 0 Å². The molecule has 1 aliphatic rings. The lowest BCUT2D eigenvalue weighted by molar-refractivity contribution is 0.388. The van der Waals surface area contributed by atoms with Crippen LogP contribution in [-0.4, -0.2) is 19.9 Å². The van der Waals surface area contributed by atoms with Gasteiger partial charge in [0.15, 0.2) is 0 Å². The molecular formula is C23H21ClN2O2. The molecule has 0 saturated heterocycles. The van der Waals surface area contributed by atoms with Crippen molar-refractivity contribution in [3.63, 3.8) is 0 Å². The number of hydrazone groups is 1. The summed E-state index contributed by atoms with van der Waals surface area (Å²) in [4.78, 5) is 0. The Morgan fingerprint density at radius 3 is 2.36 bits per heavy atom. The monoisotopic (exact) mass is 392 g/mol. The third-order valence-corrected chi connectivity index (χ3v) is 5.16. The second kappa shape index (κ2) is 7.95. The number of anilines is 1. The van der Waals surface area contributed by atoms with Crippen LogP contribution >= 0.6 is 11.6 Å². The average molecular weight is 393 g/mol. The summed E-state index contributed by atoms with van der Waals surface area (Å²) in [6.07, 6.45) is 0.763. The Bertz CT molecular complexity index is 987. The van der Waals surface area contributed by atoms with E-state index in [9.17, 15) is 0 Å². The highest BCUT2D eigenvalue weighted by molar-refractivity contribution is 6.30. The van der Waals surface area contributed by atoms with Gasteiger partial charge in [-0.1, -0.05) is 41.9 Å². The van der Waals surface area contributed by atoms with Gasteiger partial charge >= 0.3 is 0 Å². The summed E-state index contributed by atoms with van der Waals surface area (Å²) in [5.74, 6) is 1.56. The normalized spacial score (nSPS) is 16.0. The van der Waals surface area contributed by atoms with E-state index >= 15 is 0 Å². The van der Waals surface area contributed by atoms with Gasteiger partial charge in [0.25, 0.3) is 0 Å². The van der Waals surface area contributed by atoms with Crippen molar-refractivity contribution in [2.24, 2.45) is 5.10 Å². The van der Waals surface area contributed by atoms with Gasteiger partial charge in [0.05, 0.1) is 31.7 Å². The van der Waals surface area contributed by atoms with Gasteiger partial charge in [-0.2, -0.15) is 5.10 Å². The number of methoxy groups -OCH3 is 2. The summed E-state index contributed by atoms with van der Waals surface area (Å²) in [7, 11) is 3.34. The molecule has 3 aromatic carbocycles. The van der Waals surface area contributed by atoms with Crippen molar-refractivity contribution in [2.75, 3.05) is 19.2 Å². The predicted molar refractivity (Wildman–Crippen MR) is 114 cm³/mol. The molecule has 0 bridgehead atoms. The van der Waals surface area contributed by atoms with E-state index in [0.717, 1.165) is 45.5 Å². The van der Waals surface area contributed by atoms with Gasteiger partial charge in [-0.15, -0.1) is 0 Å². The summed E-state index contributed by atoms with van der Waals surface area (Å²) in [5.41, 5.74) is 4.19. The van der Waals surface area contributed by atoms with Gasteiger partial charge in [0.2, 0.25) is 0 Å². The molecule has 4 rings (SSSR count). The standard InChI is InChI=1S/C23H21ClN2O2/c1-27-19-12-13-20(23(14-19)28-2)22-15-21(16-8-10-17(24)11-9-16)25-26(22)18-6-4-3-5-7-18/h3-14,22H,15H2,1-2H3/t22-/m0/s1. The molecule has 1 atom stereocenters. The maximum absolute atomic E-state index is 6.06. The van der Waals surface area contributed by atoms with Crippen molar-refractivity contribution in [1.82, 2.24) is 0 Å². The number of halogens is 1. The Balaban J connectivity index is 1.77. The fourth-order valence-corrected chi connectivity index (χ4v) is 3.61. The lowest BCUT2D eigenvalue weighted by Crippen LogP contribution is -2.19. The molecule has 142 valence electrons. The third-order valence-electron chi connectivity index (χ3n) is 4.91. The van der Waals surface area contributed by atoms with Crippen molar-refractivity contribution in [3.8, 4) is 11.5 Å². The van der Waals surface area contributed by atoms with E-state index < -0.39 is 0 Å². The van der Waals surface area contributed by atoms with Crippen LogP contribution in [-0.2, 0) is 0 Å². The van der Waals surface area contributed by atoms with Gasteiger partial charge in [0.1, 0.15) is 11.5 Å². The first-order valence-corrected chi connectivity index (χ1v) is 9.47. The molecule has 1 aliphatic heterocycles. The minimum absolute atomic E-state index is 0.0222. The highest BCUT2D eigenvalue weighted by Crippen LogP contribution is 2.41. The summed E-state index contributed by atoms with van der Waals surface area (Å²) in [6.45, 7) is 0. The van der Waals surface area contributed by atoms with E-state index in [1.165, 1.54) is 0 Å². The van der Waals surface area contributed by atoms with Crippen LogP contribution in [0.4, 0.5) is 5.69 Å². The molecule has 0 unspecified atom stereocenters. The minimum Gasteiger partial charge on any atom is -0.497 e. The Kier molecular flexibility index (Phi) is 5.22. The lowest BCUT2D eigenvalue weighted by Gasteiger charge is -2.25. The van der Waals surface area contributed by atoms with Crippen LogP contribution in [0.1, 0.15) is 23.6 Å². The maximum Gasteiger partial charge on any atom is 0.127 e. The number of para-hydroxylation sites is 1. The molecule has 28 heavy (non-hydrogen) atoms. The van der Waals surface area contributed by atoms with Crippen LogP contribution in [0.2, 0.25) is 5.02 Å². The largest absolute Gasteiger partial charge is 0.497 e. The quantitative estimate of drug-likeness (QED) is 0.557. The van der Waals surface area contributed by atoms with Crippen molar-refractivity contribution in [3.05, 3.63) is 88.9 Å². The molecule has 0 N–H and O–H groups in total. The topological polar surface area (TPSA) is 34.1 Å². The minimum atomic E-state index is 0.0222. The lowest BCUT2D eigenvalue weighted by atomic mass is 9.97. The molecule has 0 saturated carbocycles. The van der Waals surface area contributed by atoms with E-state index in [1.807, 2.05) is 54.6 Å². The second-order valence-corrected chi connectivity index (χ2v) is 7.00. The number of nitrogens with zero attached hydrogens (tertiary/aromatic N) is 2. The fourth-order valence-electron chi connectivity index (χ4n) is 3.48. The van der Waals surface area contributed by atoms with Crippen LogP contribution in [0.25, 0.3) is 0 Å². The fraction of sp³-hybridized carbons (Fsp3) is 0.174. The highest BCUT2D eigenvalue weighted by Gasteiger charge is 2.32. The van der Waals surface area contributed by atoms with Crippen molar-refractivity contribution in [2.45, 2.75) is 12.5 Å². The second-order valence-electron chi connectivity index (χ2n) is 6.56. The zero-order chi connectivity index (χ0) is 19.5. The van der Waals surface area contributed by atoms with Crippen LogP contribution in [0.5, 0.6) is 11.5 Å². The molecule has 3 aromatic rings. The third kappa shape index (κ3) is 3.56. The molecule has 0 amide bonds. The highest BCUT2D eigenvalue weighted by atomic mass is 35.5. The van der Waals surface area contributed by atoms with E-state index in [0.29, 0.717) is 0 Å². The molecule has 0 aromatic heterocycles. The molecule has 5 heteroatoms. The predicted octanol–water partition coefficient (Wildman–Crippen LogP) is 5.71. The van der Waals surface area contributed by atoms with Crippen molar-refractivity contribution >= 4 is 23.0 Å². The van der Waals surface area contributed by atoms with E-state index in [2.05, 4.69) is 23.2 Å². The Morgan fingerprint density at radius 1 is 0.929 bits per heavy atom. The smallest absolute Gasteiger partial charge is 0.127 e. The number of benzene rings is 3. The molecule has 0 spiro atoms. The summed E-state index contributed by atoms with van der Waals surface area (Å²) in [5, 5.41) is 7.74. The first-order valence-electron chi connectivity index (χ1n) is 9.09. The van der Waals surface area contributed by atoms with Gasteiger partial charge in [-0.25, -0.2) is 0 Å². The van der Waals surface area contributed by atoms with Crippen LogP contribution in [0.15, 0.2) is 77.9 Å². The van der Waals surface area contributed by atoms with Crippen LogP contribution in [0.3, 0.4) is 0 Å². The van der Waals surface area contributed by atoms with Crippen LogP contribution in [0, 0.1) is 0 Å².